The Balaban J connectivity index is 1.55. The molecule has 1 aromatic carbocycles. The highest BCUT2D eigenvalue weighted by Crippen LogP contribution is 2.54. The number of nitrogens with one attached hydrogen (secondary N) is 2. The number of nitrogens with zero attached hydrogens (tertiary/aromatic N) is 2. The van der Waals surface area contributed by atoms with E-state index in [-0.39, 0.29) is 5.75 Å². The van der Waals surface area contributed by atoms with E-state index in [0.717, 1.165) is 35.4 Å². The quantitative estimate of drug-likeness (QED) is 0.680. The Bertz CT molecular complexity index is 889. The SMILES string of the molecule is Oc1ccccc1-c1cc2c(C3CC4(CNC4)C3)c[nH]c2nn1. The van der Waals surface area contributed by atoms with Gasteiger partial charge < -0.3 is 15.4 Å². The second kappa shape index (κ2) is 4.55. The number of hydrogen-bond donors (Lipinski definition) is 3. The molecule has 1 aliphatic heterocycles. The van der Waals surface area contributed by atoms with Crippen LogP contribution >= 0.6 is 0 Å². The zero-order chi connectivity index (χ0) is 15.4. The van der Waals surface area contributed by atoms with Crippen LogP contribution in [0.2, 0.25) is 0 Å². The minimum atomic E-state index is 0.237. The molecule has 0 atom stereocenters. The summed E-state index contributed by atoms with van der Waals surface area (Å²) in [5.74, 6) is 0.841. The van der Waals surface area contributed by atoms with Gasteiger partial charge in [-0.3, -0.25) is 0 Å². The van der Waals surface area contributed by atoms with Crippen molar-refractivity contribution in [3.05, 3.63) is 42.1 Å². The van der Waals surface area contributed by atoms with Gasteiger partial charge in [-0.1, -0.05) is 12.1 Å². The molecule has 1 saturated heterocycles. The van der Waals surface area contributed by atoms with Gasteiger partial charge in [-0.25, -0.2) is 0 Å². The summed E-state index contributed by atoms with van der Waals surface area (Å²) in [6, 6.07) is 9.31. The molecule has 0 radical (unpaired) electrons. The summed E-state index contributed by atoms with van der Waals surface area (Å²) in [6.45, 7) is 2.32. The molecule has 1 aliphatic carbocycles. The van der Waals surface area contributed by atoms with Crippen LogP contribution in [0.3, 0.4) is 0 Å². The van der Waals surface area contributed by atoms with E-state index < -0.39 is 0 Å². The molecule has 3 heterocycles. The molecule has 2 aliphatic rings. The number of para-hydroxylation sites is 1. The third-order valence-corrected chi connectivity index (χ3v) is 5.45. The maximum absolute atomic E-state index is 10.0. The van der Waals surface area contributed by atoms with Gasteiger partial charge in [-0.15, -0.1) is 10.2 Å². The Labute approximate surface area is 133 Å². The fraction of sp³-hybridized carbons (Fsp3) is 0.333. The number of rotatable bonds is 2. The van der Waals surface area contributed by atoms with Crippen molar-refractivity contribution in [1.82, 2.24) is 20.5 Å². The van der Waals surface area contributed by atoms with E-state index in [9.17, 15) is 5.11 Å². The standard InChI is InChI=1S/C18H18N4O/c23-16-4-2-1-3-12(16)15-5-13-14(8-20-17(13)22-21-15)11-6-18(7-11)9-19-10-18/h1-5,8,11,19,23H,6-7,9-10H2,(H,20,22). The van der Waals surface area contributed by atoms with Crippen LogP contribution in [0.5, 0.6) is 5.75 Å². The highest BCUT2D eigenvalue weighted by atomic mass is 16.3. The molecule has 0 amide bonds. The van der Waals surface area contributed by atoms with Crippen molar-refractivity contribution in [2.24, 2.45) is 5.41 Å². The van der Waals surface area contributed by atoms with Crippen LogP contribution in [0.15, 0.2) is 36.5 Å². The van der Waals surface area contributed by atoms with Crippen molar-refractivity contribution in [1.29, 1.82) is 0 Å². The molecular weight excluding hydrogens is 288 g/mol. The fourth-order valence-corrected chi connectivity index (χ4v) is 4.07. The summed E-state index contributed by atoms with van der Waals surface area (Å²) in [6.07, 6.45) is 4.58. The Morgan fingerprint density at radius 1 is 1.13 bits per heavy atom. The van der Waals surface area contributed by atoms with Gasteiger partial charge in [0.2, 0.25) is 0 Å². The zero-order valence-corrected chi connectivity index (χ0v) is 12.7. The lowest BCUT2D eigenvalue weighted by Gasteiger charge is -2.54. The summed E-state index contributed by atoms with van der Waals surface area (Å²) in [5, 5.41) is 23.1. The minimum Gasteiger partial charge on any atom is -0.507 e. The van der Waals surface area contributed by atoms with Crippen molar-refractivity contribution < 1.29 is 5.11 Å². The molecular formula is C18H18N4O. The van der Waals surface area contributed by atoms with Gasteiger partial charge in [0.25, 0.3) is 0 Å². The number of hydrogen-bond acceptors (Lipinski definition) is 4. The summed E-state index contributed by atoms with van der Waals surface area (Å²) >= 11 is 0. The molecule has 0 unspecified atom stereocenters. The maximum atomic E-state index is 10.0. The van der Waals surface area contributed by atoms with E-state index >= 15 is 0 Å². The first-order valence-electron chi connectivity index (χ1n) is 8.08. The highest BCUT2D eigenvalue weighted by Gasteiger charge is 2.49. The Hall–Kier alpha value is -2.40. The number of phenols is 1. The van der Waals surface area contributed by atoms with Gasteiger partial charge in [0, 0.05) is 30.2 Å². The third-order valence-electron chi connectivity index (χ3n) is 5.45. The third kappa shape index (κ3) is 1.90. The first kappa shape index (κ1) is 13.1. The molecule has 2 aromatic heterocycles. The minimum absolute atomic E-state index is 0.237. The lowest BCUT2D eigenvalue weighted by Crippen LogP contribution is -2.59. The molecule has 23 heavy (non-hydrogen) atoms. The van der Waals surface area contributed by atoms with Gasteiger partial charge in [-0.2, -0.15) is 0 Å². The molecule has 0 bridgehead atoms. The zero-order valence-electron chi connectivity index (χ0n) is 12.7. The Morgan fingerprint density at radius 3 is 2.70 bits per heavy atom. The Kier molecular flexibility index (Phi) is 2.59. The molecule has 5 nitrogen and oxygen atoms in total. The molecule has 1 saturated carbocycles. The van der Waals surface area contributed by atoms with Crippen LogP contribution in [-0.2, 0) is 0 Å². The monoisotopic (exact) mass is 306 g/mol. The maximum Gasteiger partial charge on any atom is 0.160 e. The molecule has 1 spiro atoms. The van der Waals surface area contributed by atoms with Crippen molar-refractivity contribution in [2.75, 3.05) is 13.1 Å². The number of phenolic OH excluding ortho intramolecular Hbond substituents is 1. The second-order valence-corrected chi connectivity index (χ2v) is 6.96. The number of benzene rings is 1. The fourth-order valence-electron chi connectivity index (χ4n) is 4.07. The van der Waals surface area contributed by atoms with Crippen LogP contribution in [-0.4, -0.2) is 33.4 Å². The van der Waals surface area contributed by atoms with Gasteiger partial charge in [-0.05, 0) is 47.9 Å². The first-order valence-corrected chi connectivity index (χ1v) is 8.08. The van der Waals surface area contributed by atoms with E-state index in [1.54, 1.807) is 6.07 Å². The summed E-state index contributed by atoms with van der Waals surface area (Å²) in [7, 11) is 0. The first-order chi connectivity index (χ1) is 11.2. The lowest BCUT2D eigenvalue weighted by atomic mass is 9.57. The summed E-state index contributed by atoms with van der Waals surface area (Å²) < 4.78 is 0. The van der Waals surface area contributed by atoms with Crippen LogP contribution in [0.25, 0.3) is 22.3 Å². The topological polar surface area (TPSA) is 73.8 Å². The van der Waals surface area contributed by atoms with Crippen LogP contribution in [0, 0.1) is 5.41 Å². The van der Waals surface area contributed by atoms with Crippen molar-refractivity contribution in [3.8, 4) is 17.0 Å². The number of aromatic amines is 1. The van der Waals surface area contributed by atoms with Crippen LogP contribution < -0.4 is 5.32 Å². The van der Waals surface area contributed by atoms with Gasteiger partial charge in [0.1, 0.15) is 5.75 Å². The molecule has 3 N–H and O–H groups in total. The second-order valence-electron chi connectivity index (χ2n) is 6.96. The lowest BCUT2D eigenvalue weighted by molar-refractivity contribution is 0.0368. The van der Waals surface area contributed by atoms with E-state index in [2.05, 4.69) is 26.7 Å². The number of H-pyrrole nitrogens is 1. The number of aromatic nitrogens is 3. The predicted octanol–water partition coefficient (Wildman–Crippen LogP) is 2.80. The Morgan fingerprint density at radius 2 is 1.96 bits per heavy atom. The average molecular weight is 306 g/mol. The van der Waals surface area contributed by atoms with Crippen LogP contribution in [0.1, 0.15) is 24.3 Å². The largest absolute Gasteiger partial charge is 0.507 e. The van der Waals surface area contributed by atoms with Gasteiger partial charge in [0.05, 0.1) is 5.69 Å². The number of fused-ring (bicyclic) bond motifs is 1. The van der Waals surface area contributed by atoms with Gasteiger partial charge in [0.15, 0.2) is 5.65 Å². The van der Waals surface area contributed by atoms with E-state index in [1.165, 1.54) is 18.4 Å². The van der Waals surface area contributed by atoms with Crippen molar-refractivity contribution in [2.45, 2.75) is 18.8 Å². The molecule has 116 valence electrons. The predicted molar refractivity (Wildman–Crippen MR) is 88.3 cm³/mol. The normalized spacial score (nSPS) is 19.7. The van der Waals surface area contributed by atoms with Crippen LogP contribution in [0.4, 0.5) is 0 Å². The van der Waals surface area contributed by atoms with E-state index in [1.807, 2.05) is 24.3 Å². The van der Waals surface area contributed by atoms with E-state index in [4.69, 9.17) is 0 Å². The molecule has 5 heteroatoms. The van der Waals surface area contributed by atoms with E-state index in [0.29, 0.717) is 11.3 Å². The summed E-state index contributed by atoms with van der Waals surface area (Å²) in [4.78, 5) is 3.24. The highest BCUT2D eigenvalue weighted by molar-refractivity contribution is 5.84. The van der Waals surface area contributed by atoms with Gasteiger partial charge >= 0.3 is 0 Å². The molecule has 3 aromatic rings. The molecule has 5 rings (SSSR count). The van der Waals surface area contributed by atoms with Crippen molar-refractivity contribution in [3.63, 3.8) is 0 Å². The number of aromatic hydroxyl groups is 1. The smallest absolute Gasteiger partial charge is 0.160 e. The average Bonchev–Trinajstić information content (AvgIpc) is 2.88. The molecule has 2 fully saturated rings. The van der Waals surface area contributed by atoms with Crippen molar-refractivity contribution >= 4 is 11.0 Å². The summed E-state index contributed by atoms with van der Waals surface area (Å²) in [5.41, 5.74) is 4.16.